The number of primary amides is 1. The standard InChI is InChI=1S/C14H24N4O2S/c1-9(2)16-14(12(15)19)7-4-5-11(14)6-8-21-13-18-17-10(3)20-13/h9,11,16H,4-8H2,1-3H3,(H2,15,19). The van der Waals surface area contributed by atoms with Crippen LogP contribution in [0, 0.1) is 12.8 Å². The van der Waals surface area contributed by atoms with Gasteiger partial charge in [-0.15, -0.1) is 10.2 Å². The summed E-state index contributed by atoms with van der Waals surface area (Å²) in [5.74, 6) is 1.47. The number of carbonyl (C=O) groups is 1. The molecule has 0 radical (unpaired) electrons. The van der Waals surface area contributed by atoms with Crippen molar-refractivity contribution in [2.45, 2.75) is 63.3 Å². The summed E-state index contributed by atoms with van der Waals surface area (Å²) in [7, 11) is 0. The Labute approximate surface area is 129 Å². The van der Waals surface area contributed by atoms with Crippen molar-refractivity contribution in [3.63, 3.8) is 0 Å². The number of carbonyl (C=O) groups excluding carboxylic acids is 1. The summed E-state index contributed by atoms with van der Waals surface area (Å²) in [5.41, 5.74) is 5.15. The molecule has 118 valence electrons. The Hall–Kier alpha value is -1.08. The molecule has 3 N–H and O–H groups in total. The van der Waals surface area contributed by atoms with Crippen LogP contribution in [0.5, 0.6) is 0 Å². The van der Waals surface area contributed by atoms with Gasteiger partial charge in [-0.1, -0.05) is 18.2 Å². The van der Waals surface area contributed by atoms with E-state index in [1.54, 1.807) is 6.92 Å². The van der Waals surface area contributed by atoms with Crippen molar-refractivity contribution in [2.75, 3.05) is 5.75 Å². The fourth-order valence-corrected chi connectivity index (χ4v) is 4.05. The van der Waals surface area contributed by atoms with Crippen LogP contribution in [0.4, 0.5) is 0 Å². The lowest BCUT2D eigenvalue weighted by molar-refractivity contribution is -0.126. The average molecular weight is 312 g/mol. The summed E-state index contributed by atoms with van der Waals surface area (Å²) in [6, 6.07) is 0.240. The zero-order valence-corrected chi connectivity index (χ0v) is 13.7. The van der Waals surface area contributed by atoms with Gasteiger partial charge in [-0.3, -0.25) is 4.79 Å². The van der Waals surface area contributed by atoms with Gasteiger partial charge >= 0.3 is 0 Å². The maximum atomic E-state index is 12.0. The molecular weight excluding hydrogens is 288 g/mol. The molecule has 1 aromatic rings. The fourth-order valence-electron chi connectivity index (χ4n) is 3.19. The molecule has 1 aromatic heterocycles. The molecular formula is C14H24N4O2S. The van der Waals surface area contributed by atoms with Gasteiger partial charge < -0.3 is 15.5 Å². The molecule has 7 heteroatoms. The molecule has 1 heterocycles. The minimum Gasteiger partial charge on any atom is -0.416 e. The Morgan fingerprint density at radius 1 is 1.57 bits per heavy atom. The highest BCUT2D eigenvalue weighted by Crippen LogP contribution is 2.39. The second-order valence-corrected chi connectivity index (χ2v) is 6.99. The van der Waals surface area contributed by atoms with E-state index >= 15 is 0 Å². The lowest BCUT2D eigenvalue weighted by Gasteiger charge is -2.35. The molecule has 0 aromatic carbocycles. The van der Waals surface area contributed by atoms with Gasteiger partial charge in [-0.2, -0.15) is 0 Å². The molecule has 0 bridgehead atoms. The molecule has 1 saturated carbocycles. The first-order valence-electron chi connectivity index (χ1n) is 7.44. The maximum absolute atomic E-state index is 12.0. The van der Waals surface area contributed by atoms with E-state index in [0.29, 0.717) is 11.1 Å². The van der Waals surface area contributed by atoms with Crippen LogP contribution in [-0.2, 0) is 4.79 Å². The maximum Gasteiger partial charge on any atom is 0.276 e. The number of hydrogen-bond acceptors (Lipinski definition) is 6. The Balaban J connectivity index is 1.95. The number of nitrogens with two attached hydrogens (primary N) is 1. The highest BCUT2D eigenvalue weighted by atomic mass is 32.2. The van der Waals surface area contributed by atoms with E-state index in [4.69, 9.17) is 10.2 Å². The Morgan fingerprint density at radius 3 is 2.90 bits per heavy atom. The monoisotopic (exact) mass is 312 g/mol. The van der Waals surface area contributed by atoms with E-state index < -0.39 is 5.54 Å². The molecule has 0 spiro atoms. The highest BCUT2D eigenvalue weighted by molar-refractivity contribution is 7.99. The molecule has 21 heavy (non-hydrogen) atoms. The van der Waals surface area contributed by atoms with Gasteiger partial charge in [0.1, 0.15) is 5.54 Å². The van der Waals surface area contributed by atoms with Crippen molar-refractivity contribution in [2.24, 2.45) is 11.7 Å². The van der Waals surface area contributed by atoms with Crippen molar-refractivity contribution in [3.8, 4) is 0 Å². The van der Waals surface area contributed by atoms with Crippen LogP contribution in [0.1, 0.15) is 45.4 Å². The van der Waals surface area contributed by atoms with E-state index in [-0.39, 0.29) is 17.9 Å². The van der Waals surface area contributed by atoms with Gasteiger partial charge in [-0.05, 0) is 39.0 Å². The second kappa shape index (κ2) is 6.79. The number of thioether (sulfide) groups is 1. The fraction of sp³-hybridized carbons (Fsp3) is 0.786. The van der Waals surface area contributed by atoms with Gasteiger partial charge in [-0.25, -0.2) is 0 Å². The topological polar surface area (TPSA) is 94.0 Å². The molecule has 1 aliphatic rings. The van der Waals surface area contributed by atoms with Gasteiger partial charge in [0.25, 0.3) is 5.22 Å². The third-order valence-corrected chi connectivity index (χ3v) is 4.86. The number of aromatic nitrogens is 2. The molecule has 2 unspecified atom stereocenters. The first-order valence-corrected chi connectivity index (χ1v) is 8.43. The first kappa shape index (κ1) is 16.3. The predicted octanol–water partition coefficient (Wildman–Crippen LogP) is 1.88. The zero-order chi connectivity index (χ0) is 15.5. The number of amides is 1. The molecule has 6 nitrogen and oxygen atoms in total. The number of aryl methyl sites for hydroxylation is 1. The van der Waals surface area contributed by atoms with Gasteiger partial charge in [0.05, 0.1) is 0 Å². The molecule has 1 fully saturated rings. The minimum atomic E-state index is -0.556. The van der Waals surface area contributed by atoms with E-state index in [1.807, 2.05) is 0 Å². The van der Waals surface area contributed by atoms with Gasteiger partial charge in [0.2, 0.25) is 11.8 Å². The second-order valence-electron chi connectivity index (χ2n) is 5.95. The molecule has 2 atom stereocenters. The van der Waals surface area contributed by atoms with Crippen LogP contribution >= 0.6 is 11.8 Å². The molecule has 2 rings (SSSR count). The Kier molecular flexibility index (Phi) is 5.27. The van der Waals surface area contributed by atoms with Crippen LogP contribution in [0.15, 0.2) is 9.64 Å². The van der Waals surface area contributed by atoms with Gasteiger partial charge in [0.15, 0.2) is 0 Å². The van der Waals surface area contributed by atoms with Crippen LogP contribution in [0.2, 0.25) is 0 Å². The number of rotatable bonds is 7. The van der Waals surface area contributed by atoms with Crippen molar-refractivity contribution >= 4 is 17.7 Å². The third kappa shape index (κ3) is 3.77. The number of nitrogens with one attached hydrogen (secondary N) is 1. The predicted molar refractivity (Wildman–Crippen MR) is 81.9 cm³/mol. The van der Waals surface area contributed by atoms with Crippen molar-refractivity contribution in [1.82, 2.24) is 15.5 Å². The normalized spacial score (nSPS) is 25.6. The van der Waals surface area contributed by atoms with Crippen LogP contribution < -0.4 is 11.1 Å². The van der Waals surface area contributed by atoms with E-state index in [1.165, 1.54) is 11.8 Å². The quantitative estimate of drug-likeness (QED) is 0.747. The molecule has 0 aliphatic heterocycles. The third-order valence-electron chi connectivity index (χ3n) is 4.01. The SMILES string of the molecule is Cc1nnc(SCCC2CCCC2(NC(C)C)C(N)=O)o1. The van der Waals surface area contributed by atoms with Crippen LogP contribution in [-0.4, -0.2) is 33.4 Å². The highest BCUT2D eigenvalue weighted by Gasteiger charge is 2.47. The average Bonchev–Trinajstić information content (AvgIpc) is 2.97. The largest absolute Gasteiger partial charge is 0.416 e. The lowest BCUT2D eigenvalue weighted by Crippen LogP contribution is -2.60. The minimum absolute atomic E-state index is 0.225. The molecule has 1 amide bonds. The number of nitrogens with zero attached hydrogens (tertiary/aromatic N) is 2. The smallest absolute Gasteiger partial charge is 0.276 e. The summed E-state index contributed by atoms with van der Waals surface area (Å²) in [5, 5.41) is 11.8. The summed E-state index contributed by atoms with van der Waals surface area (Å²) in [6.45, 7) is 5.88. The Morgan fingerprint density at radius 2 is 2.33 bits per heavy atom. The van der Waals surface area contributed by atoms with Crippen molar-refractivity contribution in [1.29, 1.82) is 0 Å². The van der Waals surface area contributed by atoms with Crippen molar-refractivity contribution in [3.05, 3.63) is 5.89 Å². The van der Waals surface area contributed by atoms with Crippen LogP contribution in [0.25, 0.3) is 0 Å². The van der Waals surface area contributed by atoms with E-state index in [9.17, 15) is 4.79 Å². The molecule has 1 aliphatic carbocycles. The summed E-state index contributed by atoms with van der Waals surface area (Å²) >= 11 is 1.54. The van der Waals surface area contributed by atoms with Crippen LogP contribution in [0.3, 0.4) is 0 Å². The first-order chi connectivity index (χ1) is 9.94. The Bertz CT molecular complexity index is 491. The lowest BCUT2D eigenvalue weighted by atomic mass is 9.83. The van der Waals surface area contributed by atoms with E-state index in [2.05, 4.69) is 29.4 Å². The van der Waals surface area contributed by atoms with E-state index in [0.717, 1.165) is 31.4 Å². The summed E-state index contributed by atoms with van der Waals surface area (Å²) < 4.78 is 5.35. The molecule has 0 saturated heterocycles. The summed E-state index contributed by atoms with van der Waals surface area (Å²) in [4.78, 5) is 12.0. The van der Waals surface area contributed by atoms with Gasteiger partial charge in [0, 0.05) is 18.7 Å². The zero-order valence-electron chi connectivity index (χ0n) is 12.9. The van der Waals surface area contributed by atoms with Crippen molar-refractivity contribution < 1.29 is 9.21 Å². The summed E-state index contributed by atoms with van der Waals surface area (Å²) in [6.07, 6.45) is 3.81. The number of hydrogen-bond donors (Lipinski definition) is 2.